The van der Waals surface area contributed by atoms with Gasteiger partial charge in [0.2, 0.25) is 0 Å². The number of ether oxygens (including phenoxy) is 1. The Morgan fingerprint density at radius 1 is 1.19 bits per heavy atom. The normalized spacial score (nSPS) is 10.8. The molecule has 2 aromatic rings. The van der Waals surface area contributed by atoms with E-state index in [2.05, 4.69) is 21.2 Å². The van der Waals surface area contributed by atoms with Crippen LogP contribution in [-0.2, 0) is 6.54 Å². The summed E-state index contributed by atoms with van der Waals surface area (Å²) in [5.41, 5.74) is 3.17. The molecule has 0 aromatic heterocycles. The molecule has 0 atom stereocenters. The minimum Gasteiger partial charge on any atom is -0.491 e. The number of halogens is 2. The lowest BCUT2D eigenvalue weighted by atomic mass is 10.1. The van der Waals surface area contributed by atoms with E-state index in [9.17, 15) is 4.39 Å². The molecule has 0 unspecified atom stereocenters. The first-order chi connectivity index (χ1) is 9.95. The summed E-state index contributed by atoms with van der Waals surface area (Å²) in [6.45, 7) is 6.68. The molecule has 112 valence electrons. The summed E-state index contributed by atoms with van der Waals surface area (Å²) >= 11 is 3.38. The van der Waals surface area contributed by atoms with Gasteiger partial charge in [-0.2, -0.15) is 0 Å². The van der Waals surface area contributed by atoms with Crippen LogP contribution in [0.25, 0.3) is 0 Å². The van der Waals surface area contributed by atoms with Crippen LogP contribution in [0.4, 0.5) is 10.1 Å². The van der Waals surface area contributed by atoms with Crippen molar-refractivity contribution in [3.63, 3.8) is 0 Å². The van der Waals surface area contributed by atoms with E-state index in [-0.39, 0.29) is 11.9 Å². The SMILES string of the molecule is Cc1cc(OC(C)C)ccc1NCc1ccc(F)cc1Br. The zero-order chi connectivity index (χ0) is 15.4. The van der Waals surface area contributed by atoms with Crippen LogP contribution in [0.15, 0.2) is 40.9 Å². The Morgan fingerprint density at radius 3 is 2.57 bits per heavy atom. The van der Waals surface area contributed by atoms with Crippen molar-refractivity contribution >= 4 is 21.6 Å². The van der Waals surface area contributed by atoms with Crippen LogP contribution in [-0.4, -0.2) is 6.10 Å². The maximum absolute atomic E-state index is 13.1. The van der Waals surface area contributed by atoms with Crippen molar-refractivity contribution in [1.82, 2.24) is 0 Å². The highest BCUT2D eigenvalue weighted by Crippen LogP contribution is 2.24. The van der Waals surface area contributed by atoms with Crippen LogP contribution >= 0.6 is 15.9 Å². The molecule has 0 aliphatic carbocycles. The van der Waals surface area contributed by atoms with E-state index in [1.807, 2.05) is 39.0 Å². The third-order valence-electron chi connectivity index (χ3n) is 3.05. The van der Waals surface area contributed by atoms with Gasteiger partial charge in [-0.05, 0) is 62.2 Å². The minimum atomic E-state index is -0.239. The quantitative estimate of drug-likeness (QED) is 0.789. The Morgan fingerprint density at radius 2 is 1.95 bits per heavy atom. The zero-order valence-corrected chi connectivity index (χ0v) is 14.0. The van der Waals surface area contributed by atoms with Crippen LogP contribution in [0.5, 0.6) is 5.75 Å². The van der Waals surface area contributed by atoms with Gasteiger partial charge in [0.05, 0.1) is 6.10 Å². The molecule has 2 nitrogen and oxygen atoms in total. The Balaban J connectivity index is 2.06. The Hall–Kier alpha value is -1.55. The van der Waals surface area contributed by atoms with Gasteiger partial charge in [0.1, 0.15) is 11.6 Å². The average Bonchev–Trinajstić information content (AvgIpc) is 2.39. The van der Waals surface area contributed by atoms with Crippen molar-refractivity contribution in [3.05, 3.63) is 57.8 Å². The van der Waals surface area contributed by atoms with Gasteiger partial charge in [0.25, 0.3) is 0 Å². The number of rotatable bonds is 5. The smallest absolute Gasteiger partial charge is 0.124 e. The number of nitrogens with one attached hydrogen (secondary N) is 1. The molecule has 0 aliphatic heterocycles. The van der Waals surface area contributed by atoms with Gasteiger partial charge >= 0.3 is 0 Å². The third kappa shape index (κ3) is 4.46. The van der Waals surface area contributed by atoms with Crippen LogP contribution in [0.1, 0.15) is 25.0 Å². The van der Waals surface area contributed by atoms with Crippen LogP contribution in [0, 0.1) is 12.7 Å². The highest BCUT2D eigenvalue weighted by atomic mass is 79.9. The minimum absolute atomic E-state index is 0.165. The molecule has 0 amide bonds. The monoisotopic (exact) mass is 351 g/mol. The predicted octanol–water partition coefficient (Wildman–Crippen LogP) is 5.30. The maximum Gasteiger partial charge on any atom is 0.124 e. The van der Waals surface area contributed by atoms with Gasteiger partial charge in [0, 0.05) is 16.7 Å². The fourth-order valence-corrected chi connectivity index (χ4v) is 2.53. The van der Waals surface area contributed by atoms with E-state index >= 15 is 0 Å². The molecule has 0 saturated heterocycles. The van der Waals surface area contributed by atoms with E-state index < -0.39 is 0 Å². The zero-order valence-electron chi connectivity index (χ0n) is 12.4. The van der Waals surface area contributed by atoms with Crippen molar-refractivity contribution in [2.45, 2.75) is 33.4 Å². The molecule has 0 saturated carbocycles. The van der Waals surface area contributed by atoms with E-state index in [1.165, 1.54) is 12.1 Å². The number of hydrogen-bond acceptors (Lipinski definition) is 2. The van der Waals surface area contributed by atoms with Gasteiger partial charge in [-0.15, -0.1) is 0 Å². The van der Waals surface area contributed by atoms with Crippen molar-refractivity contribution in [2.75, 3.05) is 5.32 Å². The highest BCUT2D eigenvalue weighted by Gasteiger charge is 2.05. The summed E-state index contributed by atoms with van der Waals surface area (Å²) < 4.78 is 19.5. The molecule has 0 fully saturated rings. The Labute approximate surface area is 133 Å². The molecular formula is C17H19BrFNO. The first-order valence-electron chi connectivity index (χ1n) is 6.91. The first kappa shape index (κ1) is 15.8. The molecule has 21 heavy (non-hydrogen) atoms. The van der Waals surface area contributed by atoms with E-state index in [0.29, 0.717) is 6.54 Å². The molecule has 0 radical (unpaired) electrons. The second kappa shape index (κ2) is 6.94. The largest absolute Gasteiger partial charge is 0.491 e. The van der Waals surface area contributed by atoms with Gasteiger partial charge in [0.15, 0.2) is 0 Å². The molecular weight excluding hydrogens is 333 g/mol. The second-order valence-corrected chi connectivity index (χ2v) is 6.09. The fraction of sp³-hybridized carbons (Fsp3) is 0.294. The number of anilines is 1. The van der Waals surface area contributed by atoms with Crippen LogP contribution < -0.4 is 10.1 Å². The van der Waals surface area contributed by atoms with E-state index in [0.717, 1.165) is 27.0 Å². The molecule has 4 heteroatoms. The summed E-state index contributed by atoms with van der Waals surface area (Å²) in [5.74, 6) is 0.632. The Bertz CT molecular complexity index is 628. The molecule has 0 aliphatic rings. The van der Waals surface area contributed by atoms with Gasteiger partial charge < -0.3 is 10.1 Å². The average molecular weight is 352 g/mol. The third-order valence-corrected chi connectivity index (χ3v) is 3.79. The number of benzene rings is 2. The summed E-state index contributed by atoms with van der Waals surface area (Å²) in [6, 6.07) is 10.7. The Kier molecular flexibility index (Phi) is 5.23. The van der Waals surface area contributed by atoms with Crippen molar-refractivity contribution in [3.8, 4) is 5.75 Å². The lowest BCUT2D eigenvalue weighted by Gasteiger charge is -2.14. The molecule has 0 heterocycles. The summed E-state index contributed by atoms with van der Waals surface area (Å²) in [4.78, 5) is 0. The molecule has 1 N–H and O–H groups in total. The highest BCUT2D eigenvalue weighted by molar-refractivity contribution is 9.10. The van der Waals surface area contributed by atoms with Crippen LogP contribution in [0.3, 0.4) is 0 Å². The van der Waals surface area contributed by atoms with Crippen molar-refractivity contribution < 1.29 is 9.13 Å². The lowest BCUT2D eigenvalue weighted by molar-refractivity contribution is 0.242. The van der Waals surface area contributed by atoms with Crippen molar-refractivity contribution in [1.29, 1.82) is 0 Å². The molecule has 2 rings (SSSR count). The first-order valence-corrected chi connectivity index (χ1v) is 7.70. The predicted molar refractivity (Wildman–Crippen MR) is 88.4 cm³/mol. The van der Waals surface area contributed by atoms with Gasteiger partial charge in [-0.1, -0.05) is 22.0 Å². The summed E-state index contributed by atoms with van der Waals surface area (Å²) in [7, 11) is 0. The summed E-state index contributed by atoms with van der Waals surface area (Å²) in [6.07, 6.45) is 0.165. The maximum atomic E-state index is 13.1. The molecule has 2 aromatic carbocycles. The lowest BCUT2D eigenvalue weighted by Crippen LogP contribution is -2.06. The summed E-state index contributed by atoms with van der Waals surface area (Å²) in [5, 5.41) is 3.36. The molecule has 0 spiro atoms. The van der Waals surface area contributed by atoms with Crippen LogP contribution in [0.2, 0.25) is 0 Å². The topological polar surface area (TPSA) is 21.3 Å². The fourth-order valence-electron chi connectivity index (χ4n) is 2.04. The number of aryl methyl sites for hydroxylation is 1. The van der Waals surface area contributed by atoms with Gasteiger partial charge in [-0.3, -0.25) is 0 Å². The van der Waals surface area contributed by atoms with E-state index in [4.69, 9.17) is 4.74 Å². The van der Waals surface area contributed by atoms with E-state index in [1.54, 1.807) is 6.07 Å². The number of hydrogen-bond donors (Lipinski definition) is 1. The molecule has 0 bridgehead atoms. The second-order valence-electron chi connectivity index (χ2n) is 5.23. The van der Waals surface area contributed by atoms with Crippen molar-refractivity contribution in [2.24, 2.45) is 0 Å². The van der Waals surface area contributed by atoms with Gasteiger partial charge in [-0.25, -0.2) is 4.39 Å². The standard InChI is InChI=1S/C17H19BrFNO/c1-11(2)21-15-6-7-17(12(3)8-15)20-10-13-4-5-14(19)9-16(13)18/h4-9,11,20H,10H2,1-3H3.